The van der Waals surface area contributed by atoms with Gasteiger partial charge >= 0.3 is 0 Å². The fraction of sp³-hybridized carbons (Fsp3) is 0.368. The number of benzene rings is 2. The Bertz CT molecular complexity index is 686. The van der Waals surface area contributed by atoms with Crippen LogP contribution in [-0.2, 0) is 11.3 Å². The van der Waals surface area contributed by atoms with E-state index in [9.17, 15) is 20.3 Å². The summed E-state index contributed by atoms with van der Waals surface area (Å²) in [6.07, 6.45) is -0.569. The van der Waals surface area contributed by atoms with Gasteiger partial charge in [-0.15, -0.1) is 0 Å². The van der Waals surface area contributed by atoms with Crippen LogP contribution >= 0.6 is 0 Å². The number of non-ortho nitro benzene ring substituents is 1. The Morgan fingerprint density at radius 1 is 1.08 bits per heavy atom. The molecule has 0 spiro atoms. The van der Waals surface area contributed by atoms with Crippen LogP contribution in [0.3, 0.4) is 0 Å². The Morgan fingerprint density at radius 2 is 1.80 bits per heavy atom. The van der Waals surface area contributed by atoms with E-state index in [1.165, 1.54) is 6.07 Å². The van der Waals surface area contributed by atoms with Gasteiger partial charge in [-0.05, 0) is 29.5 Å². The highest BCUT2D eigenvalue weighted by atomic mass is 16.6. The van der Waals surface area contributed by atoms with Crippen molar-refractivity contribution in [1.82, 2.24) is 0 Å². The van der Waals surface area contributed by atoms with Gasteiger partial charge in [0.15, 0.2) is 0 Å². The first kappa shape index (κ1) is 19.1. The highest BCUT2D eigenvalue weighted by molar-refractivity contribution is 5.66. The summed E-state index contributed by atoms with van der Waals surface area (Å²) >= 11 is 0. The van der Waals surface area contributed by atoms with Gasteiger partial charge in [-0.1, -0.05) is 43.3 Å². The lowest BCUT2D eigenvalue weighted by Crippen LogP contribution is -2.26. The summed E-state index contributed by atoms with van der Waals surface area (Å²) in [6.45, 7) is 2.59. The van der Waals surface area contributed by atoms with Crippen LogP contribution in [0, 0.1) is 10.1 Å². The lowest BCUT2D eigenvalue weighted by molar-refractivity contribution is -0.384. The maximum atomic E-state index is 10.9. The van der Waals surface area contributed by atoms with Crippen LogP contribution < -0.4 is 0 Å². The molecule has 2 N–H and O–H groups in total. The van der Waals surface area contributed by atoms with Gasteiger partial charge in [0.1, 0.15) is 0 Å². The number of aliphatic hydroxyl groups excluding tert-OH is 2. The quantitative estimate of drug-likeness (QED) is 0.413. The number of hydrogen-bond acceptors (Lipinski definition) is 5. The molecule has 2 atom stereocenters. The molecule has 6 heteroatoms. The third-order valence-electron chi connectivity index (χ3n) is 4.03. The number of nitro groups is 1. The molecule has 0 aliphatic heterocycles. The number of hydrogen-bond donors (Lipinski definition) is 2. The van der Waals surface area contributed by atoms with E-state index in [0.717, 1.165) is 16.7 Å². The molecule has 25 heavy (non-hydrogen) atoms. The summed E-state index contributed by atoms with van der Waals surface area (Å²) in [6, 6.07) is 14.1. The average Bonchev–Trinajstić information content (AvgIpc) is 2.65. The number of nitro benzene ring substituents is 1. The van der Waals surface area contributed by atoms with E-state index in [4.69, 9.17) is 4.74 Å². The van der Waals surface area contributed by atoms with Crippen molar-refractivity contribution in [3.63, 3.8) is 0 Å². The smallest absolute Gasteiger partial charge is 0.270 e. The lowest BCUT2D eigenvalue weighted by Gasteiger charge is -2.15. The molecule has 2 aromatic rings. The van der Waals surface area contributed by atoms with Crippen LogP contribution in [0.15, 0.2) is 48.5 Å². The molecule has 0 saturated carbocycles. The maximum absolute atomic E-state index is 10.9. The van der Waals surface area contributed by atoms with Crippen molar-refractivity contribution in [2.24, 2.45) is 0 Å². The second-order valence-corrected chi connectivity index (χ2v) is 5.89. The maximum Gasteiger partial charge on any atom is 0.270 e. The van der Waals surface area contributed by atoms with Crippen LogP contribution in [0.1, 0.15) is 25.3 Å². The fourth-order valence-corrected chi connectivity index (χ4v) is 2.45. The van der Waals surface area contributed by atoms with Crippen molar-refractivity contribution in [2.45, 2.75) is 38.6 Å². The van der Waals surface area contributed by atoms with E-state index in [2.05, 4.69) is 0 Å². The molecule has 134 valence electrons. The van der Waals surface area contributed by atoms with Crippen molar-refractivity contribution in [3.05, 3.63) is 64.2 Å². The Labute approximate surface area is 146 Å². The minimum Gasteiger partial charge on any atom is -0.390 e. The van der Waals surface area contributed by atoms with Gasteiger partial charge in [-0.25, -0.2) is 0 Å². The zero-order valence-corrected chi connectivity index (χ0v) is 14.2. The zero-order valence-electron chi connectivity index (χ0n) is 14.2. The molecule has 0 amide bonds. The van der Waals surface area contributed by atoms with Gasteiger partial charge in [-0.3, -0.25) is 10.1 Å². The molecule has 0 heterocycles. The molecular formula is C19H23NO5. The highest BCUT2D eigenvalue weighted by Gasteiger charge is 2.13. The molecule has 2 rings (SSSR count). The van der Waals surface area contributed by atoms with E-state index >= 15 is 0 Å². The minimum absolute atomic E-state index is 0.0673. The molecule has 2 aromatic carbocycles. The number of ether oxygens (including phenoxy) is 1. The van der Waals surface area contributed by atoms with Gasteiger partial charge in [0, 0.05) is 18.7 Å². The summed E-state index contributed by atoms with van der Waals surface area (Å²) in [5.74, 6) is 0. The Hall–Kier alpha value is -2.28. The highest BCUT2D eigenvalue weighted by Crippen LogP contribution is 2.24. The van der Waals surface area contributed by atoms with Gasteiger partial charge in [-0.2, -0.15) is 0 Å². The topological polar surface area (TPSA) is 92.8 Å². The minimum atomic E-state index is -0.763. The number of rotatable bonds is 9. The Kier molecular flexibility index (Phi) is 7.06. The third kappa shape index (κ3) is 5.63. The third-order valence-corrected chi connectivity index (χ3v) is 4.03. The first-order chi connectivity index (χ1) is 12.0. The van der Waals surface area contributed by atoms with Crippen molar-refractivity contribution in [1.29, 1.82) is 0 Å². The Balaban J connectivity index is 1.88. The molecule has 0 bridgehead atoms. The van der Waals surface area contributed by atoms with E-state index in [-0.39, 0.29) is 5.69 Å². The first-order valence-corrected chi connectivity index (χ1v) is 8.29. The Morgan fingerprint density at radius 3 is 2.44 bits per heavy atom. The van der Waals surface area contributed by atoms with E-state index in [0.29, 0.717) is 26.1 Å². The largest absolute Gasteiger partial charge is 0.390 e. The van der Waals surface area contributed by atoms with E-state index < -0.39 is 17.1 Å². The predicted octanol–water partition coefficient (Wildman–Crippen LogP) is 3.30. The fourth-order valence-electron chi connectivity index (χ4n) is 2.45. The van der Waals surface area contributed by atoms with Gasteiger partial charge in [0.2, 0.25) is 0 Å². The van der Waals surface area contributed by atoms with Gasteiger partial charge in [0.25, 0.3) is 5.69 Å². The summed E-state index contributed by atoms with van der Waals surface area (Å²) < 4.78 is 5.52. The average molecular weight is 345 g/mol. The SMILES string of the molecule is CCC(O)C(O)CCOCc1ccc(-c2cccc([N+](=O)[O-])c2)cc1. The second kappa shape index (κ2) is 9.27. The number of nitrogens with zero attached hydrogens (tertiary/aromatic N) is 1. The van der Waals surface area contributed by atoms with Crippen LogP contribution in [0.25, 0.3) is 11.1 Å². The predicted molar refractivity (Wildman–Crippen MR) is 95.1 cm³/mol. The summed E-state index contributed by atoms with van der Waals surface area (Å²) in [5, 5.41) is 30.0. The second-order valence-electron chi connectivity index (χ2n) is 5.89. The van der Waals surface area contributed by atoms with Crippen LogP contribution in [-0.4, -0.2) is 34.0 Å². The molecule has 0 radical (unpaired) electrons. The molecule has 0 fully saturated rings. The van der Waals surface area contributed by atoms with Crippen LogP contribution in [0.2, 0.25) is 0 Å². The number of aliphatic hydroxyl groups is 2. The van der Waals surface area contributed by atoms with Gasteiger partial charge < -0.3 is 14.9 Å². The van der Waals surface area contributed by atoms with Crippen LogP contribution in [0.5, 0.6) is 0 Å². The molecular weight excluding hydrogens is 322 g/mol. The summed E-state index contributed by atoms with van der Waals surface area (Å²) in [5.41, 5.74) is 2.73. The summed E-state index contributed by atoms with van der Waals surface area (Å²) in [7, 11) is 0. The van der Waals surface area contributed by atoms with E-state index in [1.54, 1.807) is 12.1 Å². The standard InChI is InChI=1S/C19H23NO5/c1-2-18(21)19(22)10-11-25-13-14-6-8-15(9-7-14)16-4-3-5-17(12-16)20(23)24/h3-9,12,18-19,21-22H,2,10-11,13H2,1H3. The van der Waals surface area contributed by atoms with Gasteiger partial charge in [0.05, 0.1) is 23.7 Å². The van der Waals surface area contributed by atoms with Crippen LogP contribution in [0.4, 0.5) is 5.69 Å². The molecule has 0 aromatic heterocycles. The lowest BCUT2D eigenvalue weighted by atomic mass is 10.0. The molecule has 0 aliphatic carbocycles. The first-order valence-electron chi connectivity index (χ1n) is 8.29. The van der Waals surface area contributed by atoms with Crippen molar-refractivity contribution in [2.75, 3.05) is 6.61 Å². The zero-order chi connectivity index (χ0) is 18.2. The van der Waals surface area contributed by atoms with E-state index in [1.807, 2.05) is 37.3 Å². The monoisotopic (exact) mass is 345 g/mol. The molecule has 6 nitrogen and oxygen atoms in total. The normalized spacial score (nSPS) is 13.4. The van der Waals surface area contributed by atoms with Crippen molar-refractivity contribution < 1.29 is 19.9 Å². The molecule has 2 unspecified atom stereocenters. The van der Waals surface area contributed by atoms with Crippen molar-refractivity contribution in [3.8, 4) is 11.1 Å². The van der Waals surface area contributed by atoms with Crippen molar-refractivity contribution >= 4 is 5.69 Å². The molecule has 0 aliphatic rings. The molecule has 0 saturated heterocycles. The summed E-state index contributed by atoms with van der Waals surface area (Å²) in [4.78, 5) is 10.4.